The molecule has 2 saturated heterocycles. The molecule has 0 aromatic carbocycles. The molecule has 1 N–H and O–H groups in total. The van der Waals surface area contributed by atoms with E-state index in [0.717, 1.165) is 38.4 Å². The fraction of sp³-hybridized carbons (Fsp3) is 0.577. The van der Waals surface area contributed by atoms with E-state index in [1.165, 1.54) is 56.5 Å². The molecule has 2 aliphatic heterocycles. The Labute approximate surface area is 183 Å². The Hall–Kier alpha value is -2.07. The first-order valence-electron chi connectivity index (χ1n) is 12.0. The first-order valence-corrected chi connectivity index (χ1v) is 12.0. The molecule has 30 heavy (non-hydrogen) atoms. The molecule has 4 nitrogen and oxygen atoms in total. The van der Waals surface area contributed by atoms with E-state index in [-0.39, 0.29) is 0 Å². The van der Waals surface area contributed by atoms with Gasteiger partial charge >= 0.3 is 0 Å². The molecular weight excluding hydrogens is 368 g/mol. The van der Waals surface area contributed by atoms with Crippen molar-refractivity contribution in [3.05, 3.63) is 54.3 Å². The maximum atomic E-state index is 4.80. The van der Waals surface area contributed by atoms with Crippen molar-refractivity contribution in [3.8, 4) is 0 Å². The van der Waals surface area contributed by atoms with Crippen LogP contribution in [0.3, 0.4) is 0 Å². The van der Waals surface area contributed by atoms with Gasteiger partial charge in [-0.1, -0.05) is 37.3 Å². The quantitative estimate of drug-likeness (QED) is 0.441. The van der Waals surface area contributed by atoms with Crippen LogP contribution in [0.4, 0.5) is 11.5 Å². The lowest BCUT2D eigenvalue weighted by Gasteiger charge is -2.23. The van der Waals surface area contributed by atoms with E-state index < -0.39 is 0 Å². The smallest absolute Gasteiger partial charge is 0.128 e. The van der Waals surface area contributed by atoms with Crippen molar-refractivity contribution in [2.75, 3.05) is 49.1 Å². The van der Waals surface area contributed by atoms with E-state index >= 15 is 0 Å². The third kappa shape index (κ3) is 7.02. The largest absolute Gasteiger partial charge is 0.370 e. The predicted octanol–water partition coefficient (Wildman–Crippen LogP) is 5.35. The zero-order valence-corrected chi connectivity index (χ0v) is 19.0. The van der Waals surface area contributed by atoms with Crippen molar-refractivity contribution in [3.63, 3.8) is 0 Å². The van der Waals surface area contributed by atoms with Gasteiger partial charge in [0.15, 0.2) is 0 Å². The lowest BCUT2D eigenvalue weighted by molar-refractivity contribution is 0.578. The van der Waals surface area contributed by atoms with E-state index in [1.54, 1.807) is 0 Å². The average Bonchev–Trinajstić information content (AvgIpc) is 3.21. The summed E-state index contributed by atoms with van der Waals surface area (Å²) in [5.74, 6) is 1.80. The molecule has 0 radical (unpaired) electrons. The molecule has 1 aromatic rings. The molecule has 0 bridgehead atoms. The minimum atomic E-state index is 0.663. The first kappa shape index (κ1) is 22.6. The number of nitrogens with zero attached hydrogens (tertiary/aromatic N) is 3. The zero-order valence-electron chi connectivity index (χ0n) is 19.0. The highest BCUT2D eigenvalue weighted by Gasteiger charge is 2.17. The van der Waals surface area contributed by atoms with Gasteiger partial charge in [-0.25, -0.2) is 4.98 Å². The number of nitrogens with one attached hydrogen (secondary N) is 1. The van der Waals surface area contributed by atoms with Crippen LogP contribution >= 0.6 is 0 Å². The normalized spacial score (nSPS) is 21.1. The van der Waals surface area contributed by atoms with Crippen LogP contribution in [0.2, 0.25) is 0 Å². The van der Waals surface area contributed by atoms with Crippen LogP contribution in [0.1, 0.15) is 52.4 Å². The number of hydrogen-bond donors (Lipinski definition) is 1. The van der Waals surface area contributed by atoms with Crippen LogP contribution in [0.25, 0.3) is 0 Å². The summed E-state index contributed by atoms with van der Waals surface area (Å²) in [5, 5.41) is 3.41. The molecule has 1 unspecified atom stereocenters. The van der Waals surface area contributed by atoms with Crippen molar-refractivity contribution in [2.24, 2.45) is 5.92 Å². The predicted molar refractivity (Wildman–Crippen MR) is 130 cm³/mol. The highest BCUT2D eigenvalue weighted by atomic mass is 15.2. The third-order valence-electron chi connectivity index (χ3n) is 6.21. The average molecular weight is 409 g/mol. The van der Waals surface area contributed by atoms with Gasteiger partial charge in [-0.2, -0.15) is 0 Å². The van der Waals surface area contributed by atoms with Crippen molar-refractivity contribution >= 4 is 11.5 Å². The Bertz CT molecular complexity index is 698. The molecule has 2 aliphatic rings. The summed E-state index contributed by atoms with van der Waals surface area (Å²) in [4.78, 5) is 9.72. The SMILES string of the molecule is C\C=C/C(=C\C=C\C1CCCN(c2ccc(N3CCCC3)cn2)CC1)CCNCC. The molecule has 1 atom stereocenters. The second-order valence-corrected chi connectivity index (χ2v) is 8.48. The van der Waals surface area contributed by atoms with Gasteiger partial charge in [0.2, 0.25) is 0 Å². The van der Waals surface area contributed by atoms with Gasteiger partial charge in [-0.15, -0.1) is 0 Å². The third-order valence-corrected chi connectivity index (χ3v) is 6.21. The molecule has 0 saturated carbocycles. The van der Waals surface area contributed by atoms with E-state index in [4.69, 9.17) is 4.98 Å². The molecule has 3 rings (SSSR count). The van der Waals surface area contributed by atoms with Crippen LogP contribution in [-0.4, -0.2) is 44.3 Å². The minimum absolute atomic E-state index is 0.663. The topological polar surface area (TPSA) is 31.4 Å². The van der Waals surface area contributed by atoms with Crippen LogP contribution in [0.5, 0.6) is 0 Å². The van der Waals surface area contributed by atoms with Gasteiger partial charge in [0.1, 0.15) is 5.82 Å². The number of anilines is 2. The van der Waals surface area contributed by atoms with Crippen molar-refractivity contribution in [1.82, 2.24) is 10.3 Å². The van der Waals surface area contributed by atoms with Gasteiger partial charge in [-0.05, 0) is 82.2 Å². The summed E-state index contributed by atoms with van der Waals surface area (Å²) in [6, 6.07) is 4.48. The fourth-order valence-electron chi connectivity index (χ4n) is 4.45. The zero-order chi connectivity index (χ0) is 21.0. The summed E-state index contributed by atoms with van der Waals surface area (Å²) in [6.07, 6.45) is 20.8. The molecular formula is C26H40N4. The summed E-state index contributed by atoms with van der Waals surface area (Å²) in [5.41, 5.74) is 2.68. The Morgan fingerprint density at radius 3 is 2.67 bits per heavy atom. The standard InChI is InChI=1S/C26H40N4/c1-3-9-23(15-17-27-4-2)10-7-11-24-12-8-20-30(21-16-24)26-14-13-25(22-28-26)29-18-5-6-19-29/h3,7,9-11,13-14,22,24,27H,4-6,8,12,15-21H2,1-2H3/b9-3-,11-7+,23-10+. The number of pyridine rings is 1. The maximum Gasteiger partial charge on any atom is 0.128 e. The highest BCUT2D eigenvalue weighted by molar-refractivity contribution is 5.51. The molecule has 0 spiro atoms. The second-order valence-electron chi connectivity index (χ2n) is 8.48. The van der Waals surface area contributed by atoms with Crippen molar-refractivity contribution < 1.29 is 0 Å². The van der Waals surface area contributed by atoms with Crippen molar-refractivity contribution in [1.29, 1.82) is 0 Å². The molecule has 0 amide bonds. The molecule has 3 heterocycles. The minimum Gasteiger partial charge on any atom is -0.370 e. The van der Waals surface area contributed by atoms with Gasteiger partial charge < -0.3 is 15.1 Å². The Morgan fingerprint density at radius 1 is 1.10 bits per heavy atom. The van der Waals surface area contributed by atoms with Gasteiger partial charge in [0.25, 0.3) is 0 Å². The van der Waals surface area contributed by atoms with Crippen LogP contribution in [0.15, 0.2) is 54.3 Å². The first-order chi connectivity index (χ1) is 14.8. The summed E-state index contributed by atoms with van der Waals surface area (Å²) >= 11 is 0. The van der Waals surface area contributed by atoms with Crippen molar-refractivity contribution in [2.45, 2.75) is 52.4 Å². The number of allylic oxidation sites excluding steroid dienone is 5. The van der Waals surface area contributed by atoms with Crippen LogP contribution in [-0.2, 0) is 0 Å². The summed E-state index contributed by atoms with van der Waals surface area (Å²) in [6.45, 7) is 10.9. The number of aromatic nitrogens is 1. The maximum absolute atomic E-state index is 4.80. The Morgan fingerprint density at radius 2 is 1.93 bits per heavy atom. The number of rotatable bonds is 9. The van der Waals surface area contributed by atoms with Crippen LogP contribution in [0, 0.1) is 5.92 Å². The van der Waals surface area contributed by atoms with E-state index in [2.05, 4.69) is 77.7 Å². The number of hydrogen-bond acceptors (Lipinski definition) is 4. The van der Waals surface area contributed by atoms with E-state index in [0.29, 0.717) is 5.92 Å². The van der Waals surface area contributed by atoms with Crippen LogP contribution < -0.4 is 15.1 Å². The Balaban J connectivity index is 1.51. The summed E-state index contributed by atoms with van der Waals surface area (Å²) < 4.78 is 0. The monoisotopic (exact) mass is 408 g/mol. The highest BCUT2D eigenvalue weighted by Crippen LogP contribution is 2.25. The fourth-order valence-corrected chi connectivity index (χ4v) is 4.45. The van der Waals surface area contributed by atoms with Gasteiger partial charge in [0, 0.05) is 26.2 Å². The summed E-state index contributed by atoms with van der Waals surface area (Å²) in [7, 11) is 0. The molecule has 2 fully saturated rings. The molecule has 0 aliphatic carbocycles. The van der Waals surface area contributed by atoms with Gasteiger partial charge in [0.05, 0.1) is 11.9 Å². The molecule has 1 aromatic heterocycles. The molecule has 164 valence electrons. The lowest BCUT2D eigenvalue weighted by Crippen LogP contribution is -2.25. The van der Waals surface area contributed by atoms with E-state index in [9.17, 15) is 0 Å². The second kappa shape index (κ2) is 12.6. The molecule has 4 heteroatoms. The van der Waals surface area contributed by atoms with E-state index in [1.807, 2.05) is 0 Å². The van der Waals surface area contributed by atoms with Gasteiger partial charge in [-0.3, -0.25) is 0 Å². The Kier molecular flexibility index (Phi) is 9.49. The lowest BCUT2D eigenvalue weighted by atomic mass is 10.00.